The molecule has 3 heteroatoms. The maximum Gasteiger partial charge on any atom is 0.0897 e. The van der Waals surface area contributed by atoms with Gasteiger partial charge in [0, 0.05) is 17.3 Å². The topological polar surface area (TPSA) is 38.9 Å². The highest BCUT2D eigenvalue weighted by Crippen LogP contribution is 2.21. The molecular weight excluding hydrogens is 240 g/mol. The number of rotatable bonds is 5. The van der Waals surface area contributed by atoms with E-state index in [0.717, 1.165) is 30.0 Å². The van der Waals surface area contributed by atoms with Gasteiger partial charge in [0.1, 0.15) is 0 Å². The molecule has 1 heterocycles. The summed E-state index contributed by atoms with van der Waals surface area (Å²) in [4.78, 5) is 4.52. The van der Waals surface area contributed by atoms with E-state index in [2.05, 4.69) is 41.6 Å². The summed E-state index contributed by atoms with van der Waals surface area (Å²) in [6.45, 7) is 4.19. The van der Waals surface area contributed by atoms with Crippen LogP contribution in [-0.2, 0) is 12.8 Å². The molecule has 96 valence electrons. The van der Waals surface area contributed by atoms with E-state index in [9.17, 15) is 0 Å². The molecule has 1 unspecified atom stereocenters. The van der Waals surface area contributed by atoms with E-state index >= 15 is 0 Å². The van der Waals surface area contributed by atoms with Crippen LogP contribution in [0.15, 0.2) is 35.7 Å². The third-order valence-corrected chi connectivity index (χ3v) is 4.13. The molecule has 0 amide bonds. The van der Waals surface area contributed by atoms with Gasteiger partial charge in [-0.1, -0.05) is 37.3 Å². The van der Waals surface area contributed by atoms with Crippen LogP contribution in [0.3, 0.4) is 0 Å². The van der Waals surface area contributed by atoms with Gasteiger partial charge in [0.05, 0.1) is 10.7 Å². The summed E-state index contributed by atoms with van der Waals surface area (Å²) >= 11 is 1.70. The molecule has 1 atom stereocenters. The first-order valence-corrected chi connectivity index (χ1v) is 7.23. The average Bonchev–Trinajstić information content (AvgIpc) is 2.75. The van der Waals surface area contributed by atoms with Crippen molar-refractivity contribution in [2.75, 3.05) is 0 Å². The van der Waals surface area contributed by atoms with Crippen LogP contribution in [-0.4, -0.2) is 10.5 Å². The smallest absolute Gasteiger partial charge is 0.0897 e. The molecule has 1 aromatic heterocycles. The number of nitrogens with two attached hydrogens (primary N) is 1. The second kappa shape index (κ2) is 5.63. The number of aromatic nitrogens is 1. The second-order valence-electron chi connectivity index (χ2n) is 4.91. The molecule has 0 saturated carbocycles. The van der Waals surface area contributed by atoms with Crippen molar-refractivity contribution in [3.8, 4) is 0 Å². The van der Waals surface area contributed by atoms with E-state index in [1.165, 1.54) is 5.56 Å². The molecule has 2 aromatic rings. The van der Waals surface area contributed by atoms with Crippen molar-refractivity contribution >= 4 is 11.3 Å². The van der Waals surface area contributed by atoms with Gasteiger partial charge in [0.2, 0.25) is 0 Å². The van der Waals surface area contributed by atoms with Crippen LogP contribution in [0, 0.1) is 6.92 Å². The van der Waals surface area contributed by atoms with Crippen LogP contribution in [0.2, 0.25) is 0 Å². The quantitative estimate of drug-likeness (QED) is 0.895. The zero-order chi connectivity index (χ0) is 13.0. The Balaban J connectivity index is 2.10. The van der Waals surface area contributed by atoms with Crippen molar-refractivity contribution < 1.29 is 0 Å². The number of benzene rings is 1. The Labute approximate surface area is 113 Å². The minimum Gasteiger partial charge on any atom is -0.324 e. The van der Waals surface area contributed by atoms with Crippen LogP contribution >= 0.6 is 11.3 Å². The van der Waals surface area contributed by atoms with Crippen molar-refractivity contribution in [3.05, 3.63) is 52.0 Å². The fourth-order valence-electron chi connectivity index (χ4n) is 2.17. The summed E-state index contributed by atoms with van der Waals surface area (Å²) in [6.07, 6.45) is 2.71. The van der Waals surface area contributed by atoms with E-state index in [4.69, 9.17) is 5.73 Å². The maximum atomic E-state index is 6.54. The number of thiazole rings is 1. The molecule has 2 N–H and O–H groups in total. The molecule has 0 fully saturated rings. The van der Waals surface area contributed by atoms with Gasteiger partial charge in [-0.3, -0.25) is 0 Å². The molecular formula is C15H20N2S. The van der Waals surface area contributed by atoms with Crippen LogP contribution in [0.25, 0.3) is 0 Å². The van der Waals surface area contributed by atoms with Crippen molar-refractivity contribution in [2.24, 2.45) is 5.73 Å². The van der Waals surface area contributed by atoms with Gasteiger partial charge in [0.25, 0.3) is 0 Å². The number of hydrogen-bond acceptors (Lipinski definition) is 3. The van der Waals surface area contributed by atoms with Crippen LogP contribution in [0.4, 0.5) is 0 Å². The van der Waals surface area contributed by atoms with Gasteiger partial charge >= 0.3 is 0 Å². The van der Waals surface area contributed by atoms with E-state index in [1.54, 1.807) is 11.3 Å². The minimum atomic E-state index is -0.193. The van der Waals surface area contributed by atoms with Gasteiger partial charge in [-0.05, 0) is 25.3 Å². The third-order valence-electron chi connectivity index (χ3n) is 3.30. The number of hydrogen-bond donors (Lipinski definition) is 1. The molecule has 0 radical (unpaired) electrons. The lowest BCUT2D eigenvalue weighted by Gasteiger charge is -2.27. The first-order chi connectivity index (χ1) is 8.61. The van der Waals surface area contributed by atoms with Crippen LogP contribution in [0.5, 0.6) is 0 Å². The van der Waals surface area contributed by atoms with Gasteiger partial charge in [-0.15, -0.1) is 11.3 Å². The molecule has 1 aromatic carbocycles. The normalized spacial score (nSPS) is 14.4. The summed E-state index contributed by atoms with van der Waals surface area (Å²) < 4.78 is 0. The van der Waals surface area contributed by atoms with Gasteiger partial charge < -0.3 is 5.73 Å². The predicted molar refractivity (Wildman–Crippen MR) is 77.9 cm³/mol. The molecule has 2 rings (SSSR count). The summed E-state index contributed by atoms with van der Waals surface area (Å²) in [5.74, 6) is 0. The Morgan fingerprint density at radius 3 is 2.50 bits per heavy atom. The molecule has 2 nitrogen and oxygen atoms in total. The van der Waals surface area contributed by atoms with Crippen molar-refractivity contribution in [3.63, 3.8) is 0 Å². The van der Waals surface area contributed by atoms with Crippen LogP contribution in [0.1, 0.15) is 29.6 Å². The molecule has 0 bridgehead atoms. The Morgan fingerprint density at radius 1 is 1.22 bits per heavy atom. The van der Waals surface area contributed by atoms with E-state index in [-0.39, 0.29) is 5.54 Å². The first kappa shape index (κ1) is 13.2. The van der Waals surface area contributed by atoms with Crippen LogP contribution < -0.4 is 5.73 Å². The Morgan fingerprint density at radius 2 is 1.94 bits per heavy atom. The summed E-state index contributed by atoms with van der Waals surface area (Å²) in [7, 11) is 0. The fourth-order valence-corrected chi connectivity index (χ4v) is 2.78. The lowest BCUT2D eigenvalue weighted by molar-refractivity contribution is 0.401. The lowest BCUT2D eigenvalue weighted by Crippen LogP contribution is -2.43. The van der Waals surface area contributed by atoms with E-state index in [0.29, 0.717) is 0 Å². The number of aryl methyl sites for hydroxylation is 1. The van der Waals surface area contributed by atoms with E-state index in [1.807, 2.05) is 13.0 Å². The van der Waals surface area contributed by atoms with Crippen molar-refractivity contribution in [2.45, 2.75) is 38.6 Å². The molecule has 0 spiro atoms. The minimum absolute atomic E-state index is 0.193. The predicted octanol–water partition coefficient (Wildman–Crippen LogP) is 3.34. The molecule has 0 aliphatic rings. The Bertz CT molecular complexity index is 492. The zero-order valence-corrected chi connectivity index (χ0v) is 11.8. The van der Waals surface area contributed by atoms with Crippen molar-refractivity contribution in [1.82, 2.24) is 4.98 Å². The fraction of sp³-hybridized carbons (Fsp3) is 0.400. The van der Waals surface area contributed by atoms with Gasteiger partial charge in [-0.25, -0.2) is 4.98 Å². The third kappa shape index (κ3) is 3.40. The zero-order valence-electron chi connectivity index (χ0n) is 11.0. The van der Waals surface area contributed by atoms with E-state index < -0.39 is 0 Å². The lowest BCUT2D eigenvalue weighted by atomic mass is 9.85. The highest BCUT2D eigenvalue weighted by molar-refractivity contribution is 7.09. The molecule has 0 saturated heterocycles. The highest BCUT2D eigenvalue weighted by atomic mass is 32.1. The number of nitrogens with zero attached hydrogens (tertiary/aromatic N) is 1. The monoisotopic (exact) mass is 260 g/mol. The van der Waals surface area contributed by atoms with Gasteiger partial charge in [-0.2, -0.15) is 0 Å². The summed E-state index contributed by atoms with van der Waals surface area (Å²) in [5, 5.41) is 3.24. The van der Waals surface area contributed by atoms with Crippen molar-refractivity contribution in [1.29, 1.82) is 0 Å². The first-order valence-electron chi connectivity index (χ1n) is 6.35. The molecule has 0 aliphatic heterocycles. The maximum absolute atomic E-state index is 6.54. The average molecular weight is 260 g/mol. The standard InChI is InChI=1S/C15H20N2S/c1-3-15(16,9-13-7-5-4-6-8-13)10-14-11-18-12(2)17-14/h4-8,11H,3,9-10,16H2,1-2H3. The van der Waals surface area contributed by atoms with Gasteiger partial charge in [0.15, 0.2) is 0 Å². The largest absolute Gasteiger partial charge is 0.324 e. The second-order valence-corrected chi connectivity index (χ2v) is 5.98. The highest BCUT2D eigenvalue weighted by Gasteiger charge is 2.24. The molecule has 18 heavy (non-hydrogen) atoms. The Kier molecular flexibility index (Phi) is 4.15. The summed E-state index contributed by atoms with van der Waals surface area (Å²) in [6, 6.07) is 10.5. The Hall–Kier alpha value is -1.19. The SMILES string of the molecule is CCC(N)(Cc1ccccc1)Cc1csc(C)n1. The molecule has 0 aliphatic carbocycles. The summed E-state index contributed by atoms with van der Waals surface area (Å²) in [5.41, 5.74) is 8.77.